The highest BCUT2D eigenvalue weighted by Crippen LogP contribution is 2.23. The lowest BCUT2D eigenvalue weighted by Gasteiger charge is -2.34. The number of fused-ring (bicyclic) bond motifs is 2. The maximum atomic E-state index is 13.2. The molecule has 0 saturated carbocycles. The van der Waals surface area contributed by atoms with Gasteiger partial charge in [-0.25, -0.2) is 8.42 Å². The van der Waals surface area contributed by atoms with Crippen LogP contribution in [0.4, 0.5) is 0 Å². The second-order valence-electron chi connectivity index (χ2n) is 7.67. The third-order valence-corrected chi connectivity index (χ3v) is 9.12. The fraction of sp³-hybridized carbons (Fsp3) is 0.217. The van der Waals surface area contributed by atoms with Crippen molar-refractivity contribution in [1.29, 1.82) is 0 Å². The topological polar surface area (TPSA) is 79.7 Å². The third kappa shape index (κ3) is 3.52. The van der Waals surface area contributed by atoms with E-state index in [1.807, 2.05) is 41.0 Å². The van der Waals surface area contributed by atoms with Crippen LogP contribution in [0.5, 0.6) is 0 Å². The number of nitrogens with zero attached hydrogens (tertiary/aromatic N) is 3. The highest BCUT2D eigenvalue weighted by Gasteiger charge is 2.30. The first-order valence-electron chi connectivity index (χ1n) is 10.3. The number of sulfonamides is 1. The van der Waals surface area contributed by atoms with Crippen molar-refractivity contribution in [2.75, 3.05) is 26.2 Å². The van der Waals surface area contributed by atoms with E-state index in [-0.39, 0.29) is 31.0 Å². The van der Waals surface area contributed by atoms with Crippen LogP contribution >= 0.6 is 11.3 Å². The van der Waals surface area contributed by atoms with Crippen molar-refractivity contribution in [2.24, 2.45) is 0 Å². The van der Waals surface area contributed by atoms with E-state index in [1.54, 1.807) is 34.5 Å². The lowest BCUT2D eigenvalue weighted by Crippen LogP contribution is -2.51. The minimum atomic E-state index is -3.52. The monoisotopic (exact) mass is 467 g/mol. The van der Waals surface area contributed by atoms with Gasteiger partial charge in [-0.1, -0.05) is 30.3 Å². The first-order chi connectivity index (χ1) is 15.5. The Kier molecular flexibility index (Phi) is 5.32. The van der Waals surface area contributed by atoms with Gasteiger partial charge in [0.2, 0.25) is 5.91 Å². The van der Waals surface area contributed by atoms with Gasteiger partial charge in [-0.05, 0) is 35.7 Å². The zero-order valence-electron chi connectivity index (χ0n) is 17.2. The molecule has 1 aliphatic rings. The van der Waals surface area contributed by atoms with Crippen LogP contribution in [-0.4, -0.2) is 54.3 Å². The van der Waals surface area contributed by atoms with E-state index >= 15 is 0 Å². The van der Waals surface area contributed by atoms with E-state index in [2.05, 4.69) is 0 Å². The number of piperazine rings is 1. The molecule has 164 valence electrons. The van der Waals surface area contributed by atoms with Crippen molar-refractivity contribution in [3.05, 3.63) is 76.3 Å². The number of para-hydroxylation sites is 2. The summed E-state index contributed by atoms with van der Waals surface area (Å²) < 4.78 is 29.1. The van der Waals surface area contributed by atoms with E-state index in [1.165, 1.54) is 15.6 Å². The average Bonchev–Trinajstić information content (AvgIpc) is 3.38. The van der Waals surface area contributed by atoms with Crippen LogP contribution in [-0.2, 0) is 21.4 Å². The Hall–Kier alpha value is -3.01. The molecule has 0 atom stereocenters. The van der Waals surface area contributed by atoms with Crippen molar-refractivity contribution in [2.45, 2.75) is 10.8 Å². The Morgan fingerprint density at radius 2 is 1.44 bits per heavy atom. The molecule has 32 heavy (non-hydrogen) atoms. The molecule has 0 bridgehead atoms. The number of rotatable bonds is 4. The van der Waals surface area contributed by atoms with Gasteiger partial charge in [-0.3, -0.25) is 9.59 Å². The number of pyridine rings is 1. The van der Waals surface area contributed by atoms with Crippen LogP contribution in [0.3, 0.4) is 0 Å². The number of amides is 1. The normalized spacial score (nSPS) is 15.4. The molecular formula is C23H21N3O4S2. The number of thiophene rings is 1. The zero-order chi connectivity index (χ0) is 22.3. The van der Waals surface area contributed by atoms with Gasteiger partial charge in [0.15, 0.2) is 5.43 Å². The first kappa shape index (κ1) is 20.9. The van der Waals surface area contributed by atoms with Crippen molar-refractivity contribution >= 4 is 49.1 Å². The zero-order valence-corrected chi connectivity index (χ0v) is 18.8. The molecule has 7 nitrogen and oxygen atoms in total. The Morgan fingerprint density at radius 3 is 2.00 bits per heavy atom. The van der Waals surface area contributed by atoms with Crippen LogP contribution in [0.25, 0.3) is 21.8 Å². The molecule has 0 N–H and O–H groups in total. The van der Waals surface area contributed by atoms with Crippen molar-refractivity contribution < 1.29 is 13.2 Å². The molecule has 1 aliphatic heterocycles. The number of aromatic nitrogens is 1. The van der Waals surface area contributed by atoms with Crippen LogP contribution in [0.2, 0.25) is 0 Å². The van der Waals surface area contributed by atoms with Crippen molar-refractivity contribution in [3.63, 3.8) is 0 Å². The summed E-state index contributed by atoms with van der Waals surface area (Å²) >= 11 is 1.20. The molecule has 1 saturated heterocycles. The lowest BCUT2D eigenvalue weighted by atomic mass is 10.1. The minimum Gasteiger partial charge on any atom is -0.339 e. The summed E-state index contributed by atoms with van der Waals surface area (Å²) in [6.07, 6.45) is 0. The Balaban J connectivity index is 1.41. The van der Waals surface area contributed by atoms with E-state index < -0.39 is 10.0 Å². The molecule has 0 aliphatic carbocycles. The summed E-state index contributed by atoms with van der Waals surface area (Å²) in [5, 5.41) is 2.89. The van der Waals surface area contributed by atoms with Gasteiger partial charge in [-0.15, -0.1) is 11.3 Å². The molecule has 4 aromatic rings. The first-order valence-corrected chi connectivity index (χ1v) is 12.6. The van der Waals surface area contributed by atoms with E-state index in [0.29, 0.717) is 39.1 Å². The maximum absolute atomic E-state index is 13.2. The molecule has 0 spiro atoms. The highest BCUT2D eigenvalue weighted by molar-refractivity contribution is 7.91. The third-order valence-electron chi connectivity index (χ3n) is 5.85. The molecule has 9 heteroatoms. The van der Waals surface area contributed by atoms with Gasteiger partial charge in [0.05, 0.1) is 11.0 Å². The van der Waals surface area contributed by atoms with Gasteiger partial charge < -0.3 is 9.47 Å². The Bertz CT molecular complexity index is 1410. The molecule has 3 heterocycles. The van der Waals surface area contributed by atoms with E-state index in [0.717, 1.165) is 0 Å². The van der Waals surface area contributed by atoms with Gasteiger partial charge in [0, 0.05) is 37.0 Å². The van der Waals surface area contributed by atoms with E-state index in [4.69, 9.17) is 0 Å². The Labute approximate surface area is 189 Å². The summed E-state index contributed by atoms with van der Waals surface area (Å²) in [5.41, 5.74) is 1.37. The molecule has 1 fully saturated rings. The second kappa shape index (κ2) is 8.16. The quantitative estimate of drug-likeness (QED) is 0.433. The van der Waals surface area contributed by atoms with Crippen LogP contribution in [0.15, 0.2) is 75.0 Å². The average molecular weight is 468 g/mol. The van der Waals surface area contributed by atoms with E-state index in [9.17, 15) is 18.0 Å². The van der Waals surface area contributed by atoms with Crippen LogP contribution in [0.1, 0.15) is 0 Å². The number of benzene rings is 2. The lowest BCUT2D eigenvalue weighted by molar-refractivity contribution is -0.132. The smallest absolute Gasteiger partial charge is 0.252 e. The molecular weight excluding hydrogens is 446 g/mol. The van der Waals surface area contributed by atoms with Gasteiger partial charge in [-0.2, -0.15) is 4.31 Å². The molecule has 2 aromatic carbocycles. The molecule has 2 aromatic heterocycles. The van der Waals surface area contributed by atoms with Gasteiger partial charge >= 0.3 is 0 Å². The number of carbonyl (C=O) groups excluding carboxylic acids is 1. The number of hydrogen-bond acceptors (Lipinski definition) is 5. The minimum absolute atomic E-state index is 0.0488. The predicted molar refractivity (Wildman–Crippen MR) is 125 cm³/mol. The Morgan fingerprint density at radius 1 is 0.844 bits per heavy atom. The summed E-state index contributed by atoms with van der Waals surface area (Å²) in [6, 6.07) is 17.9. The SMILES string of the molecule is O=C(Cn1c2ccccc2c(=O)c2ccccc21)N1CCN(S(=O)(=O)c2cccs2)CC1. The summed E-state index contributed by atoms with van der Waals surface area (Å²) in [7, 11) is -3.52. The molecule has 0 radical (unpaired) electrons. The number of carbonyl (C=O) groups is 1. The predicted octanol–water partition coefficient (Wildman–Crippen LogP) is 2.75. The second-order valence-corrected chi connectivity index (χ2v) is 10.8. The molecule has 0 unspecified atom stereocenters. The maximum Gasteiger partial charge on any atom is 0.252 e. The van der Waals surface area contributed by atoms with Crippen LogP contribution in [0, 0.1) is 0 Å². The highest BCUT2D eigenvalue weighted by atomic mass is 32.2. The summed E-state index contributed by atoms with van der Waals surface area (Å²) in [4.78, 5) is 27.8. The largest absolute Gasteiger partial charge is 0.339 e. The van der Waals surface area contributed by atoms with Crippen LogP contribution < -0.4 is 5.43 Å². The number of hydrogen-bond donors (Lipinski definition) is 0. The van der Waals surface area contributed by atoms with Gasteiger partial charge in [0.1, 0.15) is 10.8 Å². The molecule has 1 amide bonds. The molecule has 5 rings (SSSR count). The van der Waals surface area contributed by atoms with Crippen molar-refractivity contribution in [3.8, 4) is 0 Å². The fourth-order valence-electron chi connectivity index (χ4n) is 4.20. The fourth-order valence-corrected chi connectivity index (χ4v) is 6.76. The van der Waals surface area contributed by atoms with Crippen molar-refractivity contribution in [1.82, 2.24) is 13.8 Å². The van der Waals surface area contributed by atoms with Gasteiger partial charge in [0.25, 0.3) is 10.0 Å². The summed E-state index contributed by atoms with van der Waals surface area (Å²) in [6.45, 7) is 1.27. The summed E-state index contributed by atoms with van der Waals surface area (Å²) in [5.74, 6) is -0.0999. The standard InChI is InChI=1S/C23H21N3O4S2/c27-21(24-11-13-25(14-12-24)32(29,30)22-10-5-15-31-22)16-26-19-8-3-1-6-17(19)23(28)18-7-2-4-9-20(18)26/h1-10,15H,11-14,16H2.